The highest BCUT2D eigenvalue weighted by Crippen LogP contribution is 2.23. The molecule has 0 aliphatic carbocycles. The van der Waals surface area contributed by atoms with Crippen molar-refractivity contribution in [3.05, 3.63) is 23.8 Å². The van der Waals surface area contributed by atoms with Crippen LogP contribution < -0.4 is 4.43 Å². The molecule has 0 saturated carbocycles. The van der Waals surface area contributed by atoms with Crippen LogP contribution in [0.2, 0.25) is 19.6 Å². The molecular weight excluding hydrogens is 180 g/mol. The Morgan fingerprint density at radius 1 is 1.15 bits per heavy atom. The first-order valence-electron chi connectivity index (χ1n) is 4.36. The van der Waals surface area contributed by atoms with Gasteiger partial charge in [-0.15, -0.1) is 0 Å². The van der Waals surface area contributed by atoms with Crippen LogP contribution in [0, 0.1) is 6.92 Å². The molecule has 0 fully saturated rings. The molecular formula is C10H16O2Si. The van der Waals surface area contributed by atoms with Crippen molar-refractivity contribution in [1.82, 2.24) is 0 Å². The maximum absolute atomic E-state index is 9.33. The Morgan fingerprint density at radius 2 is 1.77 bits per heavy atom. The number of aryl methyl sites for hydroxylation is 1. The highest BCUT2D eigenvalue weighted by Gasteiger charge is 2.16. The first-order chi connectivity index (χ1) is 5.87. The normalized spacial score (nSPS) is 11.4. The van der Waals surface area contributed by atoms with Crippen LogP contribution in [0.4, 0.5) is 0 Å². The third-order valence-corrected chi connectivity index (χ3v) is 2.31. The van der Waals surface area contributed by atoms with E-state index in [1.165, 1.54) is 0 Å². The summed E-state index contributed by atoms with van der Waals surface area (Å²) in [7, 11) is -1.56. The Balaban J connectivity index is 2.90. The molecule has 1 aromatic rings. The molecule has 0 spiro atoms. The van der Waals surface area contributed by atoms with Crippen LogP contribution >= 0.6 is 0 Å². The molecule has 0 saturated heterocycles. The van der Waals surface area contributed by atoms with Gasteiger partial charge in [-0.05, 0) is 44.3 Å². The Hall–Kier alpha value is -0.963. The van der Waals surface area contributed by atoms with Crippen molar-refractivity contribution in [3.63, 3.8) is 0 Å². The van der Waals surface area contributed by atoms with E-state index in [0.29, 0.717) is 0 Å². The number of hydrogen-bond acceptors (Lipinski definition) is 2. The number of rotatable bonds is 2. The lowest BCUT2D eigenvalue weighted by Gasteiger charge is -2.19. The van der Waals surface area contributed by atoms with Crippen molar-refractivity contribution in [1.29, 1.82) is 0 Å². The van der Waals surface area contributed by atoms with Crippen molar-refractivity contribution in [2.45, 2.75) is 26.6 Å². The molecule has 0 aromatic heterocycles. The zero-order valence-corrected chi connectivity index (χ0v) is 9.59. The Morgan fingerprint density at radius 3 is 2.23 bits per heavy atom. The molecule has 0 heterocycles. The summed E-state index contributed by atoms with van der Waals surface area (Å²) in [5, 5.41) is 9.33. The van der Waals surface area contributed by atoms with Crippen LogP contribution in [0.3, 0.4) is 0 Å². The molecule has 0 radical (unpaired) electrons. The van der Waals surface area contributed by atoms with Crippen LogP contribution in [0.5, 0.6) is 11.5 Å². The first kappa shape index (κ1) is 10.1. The molecule has 1 rings (SSSR count). The van der Waals surface area contributed by atoms with Gasteiger partial charge in [0, 0.05) is 6.07 Å². The Kier molecular flexibility index (Phi) is 2.66. The van der Waals surface area contributed by atoms with Crippen molar-refractivity contribution in [2.75, 3.05) is 0 Å². The quantitative estimate of drug-likeness (QED) is 0.737. The number of phenolic OH excluding ortho intramolecular Hbond substituents is 1. The molecule has 0 atom stereocenters. The van der Waals surface area contributed by atoms with Gasteiger partial charge in [-0.2, -0.15) is 0 Å². The van der Waals surface area contributed by atoms with E-state index in [4.69, 9.17) is 4.43 Å². The Labute approximate surface area is 80.3 Å². The molecule has 0 aliphatic rings. The summed E-state index contributed by atoms with van der Waals surface area (Å²) in [6.07, 6.45) is 0. The average molecular weight is 196 g/mol. The summed E-state index contributed by atoms with van der Waals surface area (Å²) in [5.41, 5.74) is 1.02. The second-order valence-corrected chi connectivity index (χ2v) is 8.65. The van der Waals surface area contributed by atoms with E-state index in [2.05, 4.69) is 19.6 Å². The molecule has 13 heavy (non-hydrogen) atoms. The summed E-state index contributed by atoms with van der Waals surface area (Å²) in [6, 6.07) is 5.32. The van der Waals surface area contributed by atoms with Gasteiger partial charge in [0.05, 0.1) is 0 Å². The first-order valence-corrected chi connectivity index (χ1v) is 7.77. The fraction of sp³-hybridized carbons (Fsp3) is 0.400. The lowest BCUT2D eigenvalue weighted by molar-refractivity contribution is 0.468. The van der Waals surface area contributed by atoms with Crippen LogP contribution in [0.25, 0.3) is 0 Å². The molecule has 0 amide bonds. The molecule has 1 N–H and O–H groups in total. The number of benzene rings is 1. The molecule has 1 aromatic carbocycles. The molecule has 3 heteroatoms. The van der Waals surface area contributed by atoms with Gasteiger partial charge < -0.3 is 9.53 Å². The fourth-order valence-corrected chi connectivity index (χ4v) is 1.97. The van der Waals surface area contributed by atoms with E-state index in [1.807, 2.05) is 13.0 Å². The Bertz CT molecular complexity index is 282. The molecule has 72 valence electrons. The van der Waals surface area contributed by atoms with E-state index in [1.54, 1.807) is 12.1 Å². The van der Waals surface area contributed by atoms with Crippen molar-refractivity contribution in [2.24, 2.45) is 0 Å². The summed E-state index contributed by atoms with van der Waals surface area (Å²) in [6.45, 7) is 8.29. The van der Waals surface area contributed by atoms with Crippen LogP contribution in [0.15, 0.2) is 18.2 Å². The highest BCUT2D eigenvalue weighted by molar-refractivity contribution is 6.70. The lowest BCUT2D eigenvalue weighted by atomic mass is 10.2. The van der Waals surface area contributed by atoms with E-state index in [0.717, 1.165) is 11.3 Å². The SMILES string of the molecule is Cc1cc(O)cc(O[Si](C)(C)C)c1. The maximum Gasteiger partial charge on any atom is 0.242 e. The third-order valence-electron chi connectivity index (χ3n) is 1.46. The number of hydrogen-bond donors (Lipinski definition) is 1. The zero-order chi connectivity index (χ0) is 10.1. The van der Waals surface area contributed by atoms with Crippen molar-refractivity contribution >= 4 is 8.32 Å². The third kappa shape index (κ3) is 3.50. The minimum absolute atomic E-state index is 0.272. The van der Waals surface area contributed by atoms with Gasteiger partial charge in [0.25, 0.3) is 0 Å². The lowest BCUT2D eigenvalue weighted by Crippen LogP contribution is -2.29. The van der Waals surface area contributed by atoms with Crippen molar-refractivity contribution in [3.8, 4) is 11.5 Å². The predicted molar refractivity (Wildman–Crippen MR) is 56.8 cm³/mol. The molecule has 2 nitrogen and oxygen atoms in total. The van der Waals surface area contributed by atoms with Crippen LogP contribution in [0.1, 0.15) is 5.56 Å². The zero-order valence-electron chi connectivity index (χ0n) is 8.59. The van der Waals surface area contributed by atoms with Gasteiger partial charge in [-0.3, -0.25) is 0 Å². The largest absolute Gasteiger partial charge is 0.544 e. The summed E-state index contributed by atoms with van der Waals surface area (Å²) < 4.78 is 5.74. The fourth-order valence-electron chi connectivity index (χ4n) is 1.14. The number of aromatic hydroxyl groups is 1. The number of phenols is 1. The second kappa shape index (κ2) is 3.42. The monoisotopic (exact) mass is 196 g/mol. The van der Waals surface area contributed by atoms with Crippen molar-refractivity contribution < 1.29 is 9.53 Å². The second-order valence-electron chi connectivity index (χ2n) is 4.22. The van der Waals surface area contributed by atoms with Gasteiger partial charge in [0.15, 0.2) is 0 Å². The van der Waals surface area contributed by atoms with Gasteiger partial charge in [-0.25, -0.2) is 0 Å². The maximum atomic E-state index is 9.33. The standard InChI is InChI=1S/C10H16O2Si/c1-8-5-9(11)7-10(6-8)12-13(2,3)4/h5-7,11H,1-4H3. The smallest absolute Gasteiger partial charge is 0.242 e. The minimum Gasteiger partial charge on any atom is -0.544 e. The topological polar surface area (TPSA) is 29.5 Å². The summed E-state index contributed by atoms with van der Waals surface area (Å²) in [5.74, 6) is 1.05. The van der Waals surface area contributed by atoms with Gasteiger partial charge in [0.2, 0.25) is 8.32 Å². The van der Waals surface area contributed by atoms with Gasteiger partial charge in [0.1, 0.15) is 11.5 Å². The van der Waals surface area contributed by atoms with E-state index in [-0.39, 0.29) is 5.75 Å². The molecule has 0 aliphatic heterocycles. The minimum atomic E-state index is -1.56. The average Bonchev–Trinajstić information content (AvgIpc) is 1.78. The van der Waals surface area contributed by atoms with E-state index in [9.17, 15) is 5.11 Å². The highest BCUT2D eigenvalue weighted by atomic mass is 28.4. The van der Waals surface area contributed by atoms with Crippen LogP contribution in [-0.4, -0.2) is 13.4 Å². The molecule has 0 unspecified atom stereocenters. The van der Waals surface area contributed by atoms with Gasteiger partial charge in [-0.1, -0.05) is 0 Å². The predicted octanol–water partition coefficient (Wildman–Crippen LogP) is 2.91. The van der Waals surface area contributed by atoms with Gasteiger partial charge >= 0.3 is 0 Å². The summed E-state index contributed by atoms with van der Waals surface area (Å²) >= 11 is 0. The summed E-state index contributed by atoms with van der Waals surface area (Å²) in [4.78, 5) is 0. The van der Waals surface area contributed by atoms with E-state index < -0.39 is 8.32 Å². The van der Waals surface area contributed by atoms with Crippen LogP contribution in [-0.2, 0) is 0 Å². The molecule has 0 bridgehead atoms. The van der Waals surface area contributed by atoms with E-state index >= 15 is 0 Å².